The molecule has 1 aromatic heterocycles. The summed E-state index contributed by atoms with van der Waals surface area (Å²) in [6.07, 6.45) is 4.62. The molecule has 0 unspecified atom stereocenters. The molecule has 0 saturated carbocycles. The molecule has 1 N–H and O–H groups in total. The van der Waals surface area contributed by atoms with Crippen LogP contribution >= 0.6 is 11.3 Å². The fourth-order valence-corrected chi connectivity index (χ4v) is 3.39. The number of aryl methyl sites for hydroxylation is 2. The van der Waals surface area contributed by atoms with Gasteiger partial charge in [0.05, 0.1) is 5.60 Å². The summed E-state index contributed by atoms with van der Waals surface area (Å²) in [6.45, 7) is 3.75. The number of hydrogen-bond donors (Lipinski definition) is 1. The quantitative estimate of drug-likeness (QED) is 0.770. The Morgan fingerprint density at radius 1 is 1.46 bits per heavy atom. The number of hydrogen-bond acceptors (Lipinski definition) is 2. The van der Waals surface area contributed by atoms with E-state index in [0.29, 0.717) is 0 Å². The zero-order valence-electron chi connectivity index (χ0n) is 8.26. The highest BCUT2D eigenvalue weighted by atomic mass is 32.1. The first-order valence-electron chi connectivity index (χ1n) is 4.87. The second kappa shape index (κ2) is 3.10. The summed E-state index contributed by atoms with van der Waals surface area (Å²) >= 11 is 1.89. The van der Waals surface area contributed by atoms with E-state index in [9.17, 15) is 5.11 Å². The highest BCUT2D eigenvalue weighted by molar-refractivity contribution is 7.12. The molecule has 2 heteroatoms. The molecule has 1 nitrogen and oxygen atoms in total. The number of rotatable bonds is 2. The second-order valence-corrected chi connectivity index (χ2v) is 5.73. The maximum atomic E-state index is 9.67. The summed E-state index contributed by atoms with van der Waals surface area (Å²) in [4.78, 5) is 2.90. The molecule has 0 amide bonds. The molecule has 13 heavy (non-hydrogen) atoms. The summed E-state index contributed by atoms with van der Waals surface area (Å²) in [5, 5.41) is 9.67. The molecule has 0 aromatic carbocycles. The lowest BCUT2D eigenvalue weighted by molar-refractivity contribution is 0.0818. The van der Waals surface area contributed by atoms with Gasteiger partial charge < -0.3 is 5.11 Å². The number of thiophene rings is 1. The highest BCUT2D eigenvalue weighted by Gasteiger charge is 2.19. The van der Waals surface area contributed by atoms with Crippen molar-refractivity contribution in [3.05, 3.63) is 21.4 Å². The molecule has 0 fully saturated rings. The number of fused-ring (bicyclic) bond motifs is 1. The first-order valence-corrected chi connectivity index (χ1v) is 5.69. The maximum Gasteiger partial charge on any atom is 0.0639 e. The molecule has 1 aromatic rings. The minimum atomic E-state index is -0.557. The van der Waals surface area contributed by atoms with Gasteiger partial charge in [-0.15, -0.1) is 11.3 Å². The third-order valence-corrected chi connectivity index (χ3v) is 3.64. The van der Waals surface area contributed by atoms with Gasteiger partial charge in [0.25, 0.3) is 0 Å². The van der Waals surface area contributed by atoms with E-state index in [1.165, 1.54) is 29.7 Å². The lowest BCUT2D eigenvalue weighted by Gasteiger charge is -2.15. The minimum absolute atomic E-state index is 0.557. The van der Waals surface area contributed by atoms with E-state index in [1.54, 1.807) is 4.88 Å². The van der Waals surface area contributed by atoms with Crippen molar-refractivity contribution in [2.75, 3.05) is 0 Å². The molecule has 0 spiro atoms. The Kier molecular flexibility index (Phi) is 2.20. The summed E-state index contributed by atoms with van der Waals surface area (Å²) in [7, 11) is 0. The average molecular weight is 196 g/mol. The molecule has 0 bridgehead atoms. The van der Waals surface area contributed by atoms with Gasteiger partial charge in [0.2, 0.25) is 0 Å². The van der Waals surface area contributed by atoms with Gasteiger partial charge in [0.15, 0.2) is 0 Å². The summed E-state index contributed by atoms with van der Waals surface area (Å²) in [6, 6.07) is 2.28. The van der Waals surface area contributed by atoms with Crippen LogP contribution in [0.2, 0.25) is 0 Å². The van der Waals surface area contributed by atoms with Crippen LogP contribution in [0.15, 0.2) is 6.07 Å². The Balaban J connectivity index is 2.15. The minimum Gasteiger partial charge on any atom is -0.390 e. The van der Waals surface area contributed by atoms with Crippen LogP contribution in [0.25, 0.3) is 0 Å². The first kappa shape index (κ1) is 9.22. The van der Waals surface area contributed by atoms with Crippen molar-refractivity contribution in [3.63, 3.8) is 0 Å². The van der Waals surface area contributed by atoms with E-state index >= 15 is 0 Å². The molecule has 0 radical (unpaired) electrons. The topological polar surface area (TPSA) is 20.2 Å². The third-order valence-electron chi connectivity index (χ3n) is 2.40. The molecule has 0 aliphatic heterocycles. The van der Waals surface area contributed by atoms with E-state index in [2.05, 4.69) is 6.07 Å². The summed E-state index contributed by atoms with van der Waals surface area (Å²) < 4.78 is 0. The summed E-state index contributed by atoms with van der Waals surface area (Å²) in [5.41, 5.74) is 0.975. The molecular formula is C11H16OS. The van der Waals surface area contributed by atoms with Crippen LogP contribution in [0.4, 0.5) is 0 Å². The monoisotopic (exact) mass is 196 g/mol. The lowest BCUT2D eigenvalue weighted by atomic mass is 10.0. The van der Waals surface area contributed by atoms with Gasteiger partial charge in [0.1, 0.15) is 0 Å². The highest BCUT2D eigenvalue weighted by Crippen LogP contribution is 2.32. The van der Waals surface area contributed by atoms with E-state index in [1.807, 2.05) is 25.2 Å². The predicted octanol–water partition coefficient (Wildman–Crippen LogP) is 2.55. The predicted molar refractivity (Wildman–Crippen MR) is 56.3 cm³/mol. The SMILES string of the molecule is CC(C)(O)Cc1cc2c(s1)CCC2. The smallest absolute Gasteiger partial charge is 0.0639 e. The fourth-order valence-electron chi connectivity index (χ4n) is 1.90. The van der Waals surface area contributed by atoms with Crippen molar-refractivity contribution in [2.45, 2.75) is 45.1 Å². The van der Waals surface area contributed by atoms with Gasteiger partial charge in [0, 0.05) is 16.2 Å². The second-order valence-electron chi connectivity index (χ2n) is 4.50. The normalized spacial score (nSPS) is 16.2. The molecule has 72 valence electrons. The lowest BCUT2D eigenvalue weighted by Crippen LogP contribution is -2.21. The van der Waals surface area contributed by atoms with Crippen LogP contribution in [-0.2, 0) is 19.3 Å². The Morgan fingerprint density at radius 3 is 2.85 bits per heavy atom. The zero-order chi connectivity index (χ0) is 9.47. The number of aliphatic hydroxyl groups is 1. The van der Waals surface area contributed by atoms with E-state index < -0.39 is 5.60 Å². The van der Waals surface area contributed by atoms with Gasteiger partial charge in [-0.1, -0.05) is 0 Å². The van der Waals surface area contributed by atoms with Crippen molar-refractivity contribution in [1.82, 2.24) is 0 Å². The van der Waals surface area contributed by atoms with Crippen molar-refractivity contribution in [1.29, 1.82) is 0 Å². The molecule has 1 aliphatic carbocycles. The molecular weight excluding hydrogens is 180 g/mol. The van der Waals surface area contributed by atoms with Crippen molar-refractivity contribution >= 4 is 11.3 Å². The van der Waals surface area contributed by atoms with E-state index in [-0.39, 0.29) is 0 Å². The van der Waals surface area contributed by atoms with Crippen LogP contribution in [0.5, 0.6) is 0 Å². The largest absolute Gasteiger partial charge is 0.390 e. The standard InChI is InChI=1S/C11H16OS/c1-11(2,12)7-9-6-8-4-3-5-10(8)13-9/h6,12H,3-5,7H2,1-2H3. The Hall–Kier alpha value is -0.340. The van der Waals surface area contributed by atoms with Crippen LogP contribution in [-0.4, -0.2) is 10.7 Å². The molecule has 0 atom stereocenters. The molecule has 1 aliphatic rings. The van der Waals surface area contributed by atoms with Crippen molar-refractivity contribution < 1.29 is 5.11 Å². The average Bonchev–Trinajstić information content (AvgIpc) is 2.40. The molecule has 0 saturated heterocycles. The Bertz CT molecular complexity index is 285. The zero-order valence-corrected chi connectivity index (χ0v) is 9.08. The van der Waals surface area contributed by atoms with E-state index in [0.717, 1.165) is 6.42 Å². The van der Waals surface area contributed by atoms with Crippen LogP contribution in [0, 0.1) is 0 Å². The molecule has 1 heterocycles. The van der Waals surface area contributed by atoms with Gasteiger partial charge in [-0.05, 0) is 44.7 Å². The van der Waals surface area contributed by atoms with E-state index in [4.69, 9.17) is 0 Å². The van der Waals surface area contributed by atoms with Gasteiger partial charge in [-0.2, -0.15) is 0 Å². The Labute approximate surface area is 83.4 Å². The third kappa shape index (κ3) is 2.12. The molecule has 2 rings (SSSR count). The summed E-state index contributed by atoms with van der Waals surface area (Å²) in [5.74, 6) is 0. The van der Waals surface area contributed by atoms with Crippen molar-refractivity contribution in [2.24, 2.45) is 0 Å². The first-order chi connectivity index (χ1) is 6.04. The van der Waals surface area contributed by atoms with Gasteiger partial charge in [-0.25, -0.2) is 0 Å². The Morgan fingerprint density at radius 2 is 2.23 bits per heavy atom. The van der Waals surface area contributed by atoms with Crippen LogP contribution in [0.3, 0.4) is 0 Å². The van der Waals surface area contributed by atoms with Crippen LogP contribution in [0.1, 0.15) is 35.6 Å². The van der Waals surface area contributed by atoms with Crippen LogP contribution < -0.4 is 0 Å². The fraction of sp³-hybridized carbons (Fsp3) is 0.636. The van der Waals surface area contributed by atoms with Gasteiger partial charge >= 0.3 is 0 Å². The van der Waals surface area contributed by atoms with Gasteiger partial charge in [-0.3, -0.25) is 0 Å². The maximum absolute atomic E-state index is 9.67. The van der Waals surface area contributed by atoms with Crippen molar-refractivity contribution in [3.8, 4) is 0 Å².